The minimum absolute atomic E-state index is 0. The minimum atomic E-state index is 0. The van der Waals surface area contributed by atoms with Crippen molar-refractivity contribution in [2.24, 2.45) is 0 Å². The van der Waals surface area contributed by atoms with Crippen molar-refractivity contribution < 1.29 is 28.9 Å². The molecule has 3 heterocycles. The molecule has 7 heteroatoms. The summed E-state index contributed by atoms with van der Waals surface area (Å²) in [5, 5.41) is 1.04. The summed E-state index contributed by atoms with van der Waals surface area (Å²) in [5.41, 5.74) is 8.48. The van der Waals surface area contributed by atoms with Crippen LogP contribution in [0.4, 0.5) is 0 Å². The maximum Gasteiger partial charge on any atom is 3.00 e. The van der Waals surface area contributed by atoms with Gasteiger partial charge in [0.25, 0.3) is 0 Å². The van der Waals surface area contributed by atoms with Crippen LogP contribution < -0.4 is 0 Å². The Balaban J connectivity index is 0.000000122. The quantitative estimate of drug-likeness (QED) is 0.166. The Hall–Kier alpha value is -5.20. The molecule has 9 aromatic rings. The molecule has 9 rings (SSSR count). The van der Waals surface area contributed by atoms with Crippen LogP contribution in [-0.4, -0.2) is 15.0 Å². The number of aryl methyl sites for hydroxylation is 1. The second kappa shape index (κ2) is 14.9. The smallest absolute Gasteiger partial charge is 0.481 e. The molecule has 228 valence electrons. The van der Waals surface area contributed by atoms with Crippen molar-refractivity contribution in [1.29, 1.82) is 0 Å². The third kappa shape index (κ3) is 7.62. The van der Waals surface area contributed by atoms with E-state index in [1.54, 1.807) is 11.3 Å². The first-order valence-electron chi connectivity index (χ1n) is 14.7. The largest absolute Gasteiger partial charge is 3.00 e. The molecule has 0 saturated carbocycles. The summed E-state index contributed by atoms with van der Waals surface area (Å²) in [6, 6.07) is 54.6. The predicted octanol–water partition coefficient (Wildman–Crippen LogP) is 10.7. The molecular formula is C40H26IrN3O2S. The number of fused-ring (bicyclic) bond motifs is 3. The van der Waals surface area contributed by atoms with Crippen LogP contribution in [0.15, 0.2) is 148 Å². The molecule has 0 aliphatic rings. The monoisotopic (exact) mass is 805 g/mol. The summed E-state index contributed by atoms with van der Waals surface area (Å²) in [5.74, 6) is 1.25. The van der Waals surface area contributed by atoms with E-state index in [1.165, 1.54) is 10.3 Å². The molecule has 0 N–H and O–H groups in total. The number of para-hydroxylation sites is 5. The van der Waals surface area contributed by atoms with E-state index in [0.29, 0.717) is 11.8 Å². The second-order valence-electron chi connectivity index (χ2n) is 10.3. The number of hydrogen-bond donors (Lipinski definition) is 0. The molecule has 0 aliphatic carbocycles. The van der Waals surface area contributed by atoms with Crippen LogP contribution in [0.1, 0.15) is 5.56 Å². The van der Waals surface area contributed by atoms with Gasteiger partial charge in [0.1, 0.15) is 22.9 Å². The van der Waals surface area contributed by atoms with Crippen LogP contribution >= 0.6 is 11.3 Å². The Morgan fingerprint density at radius 1 is 0.511 bits per heavy atom. The van der Waals surface area contributed by atoms with Gasteiger partial charge < -0.3 is 8.83 Å². The molecule has 0 fully saturated rings. The zero-order valence-corrected chi connectivity index (χ0v) is 28.4. The van der Waals surface area contributed by atoms with E-state index >= 15 is 0 Å². The maximum absolute atomic E-state index is 5.67. The van der Waals surface area contributed by atoms with Gasteiger partial charge in [-0.05, 0) is 36.4 Å². The molecule has 0 radical (unpaired) electrons. The first kappa shape index (κ1) is 31.8. The first-order valence-corrected chi connectivity index (χ1v) is 15.5. The van der Waals surface area contributed by atoms with Crippen molar-refractivity contribution in [3.8, 4) is 33.5 Å². The third-order valence-electron chi connectivity index (χ3n) is 6.95. The molecule has 0 aliphatic heterocycles. The SMILES string of the molecule is Cc1cc[c-]c(-c2nc3ccccc3o2)c1.[Ir+3].[c-]1ccccc1-c1nc2ccccc2o1.[c-]1ccccc1-c1nc2ccccc2s1. The molecule has 47 heavy (non-hydrogen) atoms. The molecule has 0 bridgehead atoms. The molecule has 0 unspecified atom stereocenters. The van der Waals surface area contributed by atoms with Crippen LogP contribution in [0.5, 0.6) is 0 Å². The Labute approximate surface area is 290 Å². The Kier molecular flexibility index (Phi) is 10.1. The summed E-state index contributed by atoms with van der Waals surface area (Å²) >= 11 is 1.71. The van der Waals surface area contributed by atoms with Crippen LogP contribution in [0, 0.1) is 25.1 Å². The minimum Gasteiger partial charge on any atom is -0.481 e. The summed E-state index contributed by atoms with van der Waals surface area (Å²) in [4.78, 5) is 13.4. The van der Waals surface area contributed by atoms with Gasteiger partial charge in [0, 0.05) is 9.71 Å². The van der Waals surface area contributed by atoms with Crippen molar-refractivity contribution in [1.82, 2.24) is 15.0 Å². The predicted molar refractivity (Wildman–Crippen MR) is 185 cm³/mol. The first-order chi connectivity index (χ1) is 22.7. The van der Waals surface area contributed by atoms with E-state index in [4.69, 9.17) is 8.83 Å². The number of hydrogen-bond acceptors (Lipinski definition) is 6. The summed E-state index contributed by atoms with van der Waals surface area (Å²) in [6.45, 7) is 2.04. The normalized spacial score (nSPS) is 10.5. The van der Waals surface area contributed by atoms with Gasteiger partial charge >= 0.3 is 20.1 Å². The van der Waals surface area contributed by atoms with Gasteiger partial charge in [-0.3, -0.25) is 15.0 Å². The van der Waals surface area contributed by atoms with Gasteiger partial charge in [-0.1, -0.05) is 54.4 Å². The molecule has 0 atom stereocenters. The molecule has 5 nitrogen and oxygen atoms in total. The number of thiazole rings is 1. The fourth-order valence-electron chi connectivity index (χ4n) is 4.72. The van der Waals surface area contributed by atoms with Crippen molar-refractivity contribution >= 4 is 43.8 Å². The third-order valence-corrected chi connectivity index (χ3v) is 8.02. The summed E-state index contributed by atoms with van der Waals surface area (Å²) < 4.78 is 12.5. The molecule has 0 amide bonds. The van der Waals surface area contributed by atoms with Gasteiger partial charge in [0.05, 0.1) is 16.6 Å². The topological polar surface area (TPSA) is 65.0 Å². The number of benzene rings is 6. The Bertz CT molecular complexity index is 2140. The average Bonchev–Trinajstić information content (AvgIpc) is 3.86. The molecular weight excluding hydrogens is 779 g/mol. The van der Waals surface area contributed by atoms with Crippen molar-refractivity contribution in [3.63, 3.8) is 0 Å². The van der Waals surface area contributed by atoms with Crippen molar-refractivity contribution in [3.05, 3.63) is 163 Å². The van der Waals surface area contributed by atoms with Crippen molar-refractivity contribution in [2.45, 2.75) is 6.92 Å². The van der Waals surface area contributed by atoms with E-state index in [2.05, 4.69) is 39.2 Å². The number of oxazole rings is 2. The molecule has 6 aromatic carbocycles. The van der Waals surface area contributed by atoms with Gasteiger partial charge in [0.15, 0.2) is 0 Å². The number of aromatic nitrogens is 3. The molecule has 3 aromatic heterocycles. The number of rotatable bonds is 3. The maximum atomic E-state index is 5.67. The Morgan fingerprint density at radius 2 is 1.04 bits per heavy atom. The van der Waals surface area contributed by atoms with Gasteiger partial charge in [-0.25, -0.2) is 0 Å². The van der Waals surface area contributed by atoms with E-state index in [0.717, 1.165) is 49.4 Å². The summed E-state index contributed by atoms with van der Waals surface area (Å²) in [6.07, 6.45) is 0. The van der Waals surface area contributed by atoms with E-state index < -0.39 is 0 Å². The van der Waals surface area contributed by atoms with Gasteiger partial charge in [-0.2, -0.15) is 11.3 Å². The van der Waals surface area contributed by atoms with Crippen LogP contribution in [0.3, 0.4) is 0 Å². The van der Waals surface area contributed by atoms with E-state index in [1.807, 2.05) is 140 Å². The average molecular weight is 805 g/mol. The van der Waals surface area contributed by atoms with E-state index in [9.17, 15) is 0 Å². The standard InChI is InChI=1S/C14H10NO.C13H8NO.C13H8NS.Ir/c1-10-5-4-6-11(9-10)14-15-12-7-2-3-8-13(12)16-14;2*1-2-6-10(7-3-1)13-14-11-8-4-5-9-12(11)15-13;/h2-5,7-9H,1H3;2*1-6,8-9H;/q3*-1;+3. The second-order valence-corrected chi connectivity index (χ2v) is 11.3. The van der Waals surface area contributed by atoms with Crippen LogP contribution in [-0.2, 0) is 20.1 Å². The zero-order valence-electron chi connectivity index (χ0n) is 25.2. The van der Waals surface area contributed by atoms with Gasteiger partial charge in [0.2, 0.25) is 0 Å². The molecule has 0 spiro atoms. The van der Waals surface area contributed by atoms with Gasteiger partial charge in [-0.15, -0.1) is 96.1 Å². The van der Waals surface area contributed by atoms with Crippen LogP contribution in [0.2, 0.25) is 0 Å². The Morgan fingerprint density at radius 3 is 1.62 bits per heavy atom. The summed E-state index contributed by atoms with van der Waals surface area (Å²) in [7, 11) is 0. The van der Waals surface area contributed by atoms with Crippen molar-refractivity contribution in [2.75, 3.05) is 0 Å². The fourth-order valence-corrected chi connectivity index (χ4v) is 5.67. The number of nitrogens with zero attached hydrogens (tertiary/aromatic N) is 3. The van der Waals surface area contributed by atoms with E-state index in [-0.39, 0.29) is 20.1 Å². The zero-order chi connectivity index (χ0) is 31.1. The van der Waals surface area contributed by atoms with Crippen LogP contribution in [0.25, 0.3) is 65.9 Å². The fraction of sp³-hybridized carbons (Fsp3) is 0.0250. The molecule has 0 saturated heterocycles.